The van der Waals surface area contributed by atoms with Crippen molar-refractivity contribution < 1.29 is 19.1 Å². The Morgan fingerprint density at radius 3 is 2.71 bits per heavy atom. The van der Waals surface area contributed by atoms with Gasteiger partial charge in [-0.05, 0) is 24.6 Å². The third kappa shape index (κ3) is 4.63. The summed E-state index contributed by atoms with van der Waals surface area (Å²) in [7, 11) is 0. The van der Waals surface area contributed by atoms with Gasteiger partial charge in [-0.1, -0.05) is 12.1 Å². The molecule has 0 spiro atoms. The molecule has 1 atom stereocenters. The molecular weight excluding hydrogens is 225 g/mol. The number of halogens is 1. The monoisotopic (exact) mass is 239 g/mol. The molecule has 0 aliphatic rings. The molecule has 1 unspecified atom stereocenters. The van der Waals surface area contributed by atoms with Gasteiger partial charge in [0.25, 0.3) is 0 Å². The van der Waals surface area contributed by atoms with Crippen molar-refractivity contribution >= 4 is 11.9 Å². The molecule has 1 amide bonds. The topological polar surface area (TPSA) is 66.4 Å². The van der Waals surface area contributed by atoms with Crippen molar-refractivity contribution in [3.63, 3.8) is 0 Å². The maximum atomic E-state index is 12.9. The van der Waals surface area contributed by atoms with Crippen molar-refractivity contribution in [3.05, 3.63) is 35.6 Å². The number of aliphatic carboxylic acids is 1. The smallest absolute Gasteiger partial charge is 0.303 e. The van der Waals surface area contributed by atoms with Crippen LogP contribution in [0.5, 0.6) is 0 Å². The minimum atomic E-state index is -1.02. The molecule has 0 saturated carbocycles. The van der Waals surface area contributed by atoms with Crippen molar-refractivity contribution in [1.29, 1.82) is 0 Å². The second-order valence-corrected chi connectivity index (χ2v) is 3.74. The van der Waals surface area contributed by atoms with Crippen molar-refractivity contribution in [2.45, 2.75) is 25.8 Å². The molecule has 1 rings (SSSR count). The van der Waals surface area contributed by atoms with Gasteiger partial charge in [0.1, 0.15) is 5.82 Å². The Kier molecular flexibility index (Phi) is 4.63. The number of nitrogens with one attached hydrogen (secondary N) is 1. The SMILES string of the molecule is CC(NC(=O)CCC(=O)O)c1cccc(F)c1. The highest BCUT2D eigenvalue weighted by Gasteiger charge is 2.11. The molecule has 1 aromatic carbocycles. The van der Waals surface area contributed by atoms with Gasteiger partial charge in [0, 0.05) is 6.42 Å². The van der Waals surface area contributed by atoms with E-state index in [1.807, 2.05) is 0 Å². The summed E-state index contributed by atoms with van der Waals surface area (Å²) in [6.07, 6.45) is -0.281. The van der Waals surface area contributed by atoms with Crippen LogP contribution in [0.1, 0.15) is 31.4 Å². The van der Waals surface area contributed by atoms with Crippen LogP contribution in [-0.2, 0) is 9.59 Å². The number of amides is 1. The standard InChI is InChI=1S/C12H14FNO3/c1-8(9-3-2-4-10(13)7-9)14-11(15)5-6-12(16)17/h2-4,7-8H,5-6H2,1H3,(H,14,15)(H,16,17). The van der Waals surface area contributed by atoms with E-state index in [0.717, 1.165) is 0 Å². The Hall–Kier alpha value is -1.91. The molecule has 0 heterocycles. The molecule has 0 bridgehead atoms. The van der Waals surface area contributed by atoms with Gasteiger partial charge in [-0.15, -0.1) is 0 Å². The second-order valence-electron chi connectivity index (χ2n) is 3.74. The van der Waals surface area contributed by atoms with Gasteiger partial charge in [0.05, 0.1) is 12.5 Å². The predicted octanol–water partition coefficient (Wildman–Crippen LogP) is 1.87. The van der Waals surface area contributed by atoms with Gasteiger partial charge < -0.3 is 10.4 Å². The fourth-order valence-electron chi connectivity index (χ4n) is 1.39. The highest BCUT2D eigenvalue weighted by Crippen LogP contribution is 2.13. The largest absolute Gasteiger partial charge is 0.481 e. The summed E-state index contributed by atoms with van der Waals surface area (Å²) in [6, 6.07) is 5.58. The van der Waals surface area contributed by atoms with E-state index in [1.54, 1.807) is 19.1 Å². The van der Waals surface area contributed by atoms with Crippen LogP contribution in [0, 0.1) is 5.82 Å². The zero-order valence-corrected chi connectivity index (χ0v) is 9.44. The van der Waals surface area contributed by atoms with Gasteiger partial charge in [-0.2, -0.15) is 0 Å². The first-order valence-corrected chi connectivity index (χ1v) is 5.25. The first-order valence-electron chi connectivity index (χ1n) is 5.25. The molecule has 0 aliphatic heterocycles. The average molecular weight is 239 g/mol. The van der Waals surface area contributed by atoms with Crippen LogP contribution in [0.3, 0.4) is 0 Å². The summed E-state index contributed by atoms with van der Waals surface area (Å²) in [5.74, 6) is -1.74. The lowest BCUT2D eigenvalue weighted by Crippen LogP contribution is -2.26. The maximum Gasteiger partial charge on any atom is 0.303 e. The predicted molar refractivity (Wildman–Crippen MR) is 59.8 cm³/mol. The van der Waals surface area contributed by atoms with Crippen LogP contribution in [-0.4, -0.2) is 17.0 Å². The van der Waals surface area contributed by atoms with Crippen molar-refractivity contribution in [2.75, 3.05) is 0 Å². The Balaban J connectivity index is 2.51. The summed E-state index contributed by atoms with van der Waals surface area (Å²) >= 11 is 0. The molecule has 92 valence electrons. The summed E-state index contributed by atoms with van der Waals surface area (Å²) in [5.41, 5.74) is 0.647. The fraction of sp³-hybridized carbons (Fsp3) is 0.333. The molecule has 17 heavy (non-hydrogen) atoms. The molecule has 5 heteroatoms. The van der Waals surface area contributed by atoms with Gasteiger partial charge in [0.15, 0.2) is 0 Å². The number of carbonyl (C=O) groups is 2. The lowest BCUT2D eigenvalue weighted by molar-refractivity contribution is -0.138. The van der Waals surface area contributed by atoms with Crippen LogP contribution in [0.25, 0.3) is 0 Å². The van der Waals surface area contributed by atoms with E-state index in [2.05, 4.69) is 5.32 Å². The van der Waals surface area contributed by atoms with Crippen LogP contribution in [0.4, 0.5) is 4.39 Å². The lowest BCUT2D eigenvalue weighted by Gasteiger charge is -2.13. The molecule has 1 aromatic rings. The van der Waals surface area contributed by atoms with Gasteiger partial charge in [-0.25, -0.2) is 4.39 Å². The van der Waals surface area contributed by atoms with E-state index >= 15 is 0 Å². The third-order valence-electron chi connectivity index (χ3n) is 2.29. The molecular formula is C12H14FNO3. The summed E-state index contributed by atoms with van der Waals surface area (Å²) in [4.78, 5) is 21.6. The number of benzene rings is 1. The molecule has 0 saturated heterocycles. The first-order chi connectivity index (χ1) is 7.99. The number of rotatable bonds is 5. The van der Waals surface area contributed by atoms with E-state index in [1.165, 1.54) is 12.1 Å². The van der Waals surface area contributed by atoms with Crippen molar-refractivity contribution in [2.24, 2.45) is 0 Å². The minimum Gasteiger partial charge on any atom is -0.481 e. The summed E-state index contributed by atoms with van der Waals surface area (Å²) in [6.45, 7) is 1.72. The van der Waals surface area contributed by atoms with Crippen molar-refractivity contribution in [1.82, 2.24) is 5.32 Å². The van der Waals surface area contributed by atoms with Crippen LogP contribution < -0.4 is 5.32 Å². The number of hydrogen-bond donors (Lipinski definition) is 2. The van der Waals surface area contributed by atoms with Crippen molar-refractivity contribution in [3.8, 4) is 0 Å². The Bertz CT molecular complexity index is 420. The van der Waals surface area contributed by atoms with E-state index in [0.29, 0.717) is 5.56 Å². The molecule has 4 nitrogen and oxygen atoms in total. The average Bonchev–Trinajstić information content (AvgIpc) is 2.26. The van der Waals surface area contributed by atoms with Crippen LogP contribution >= 0.6 is 0 Å². The molecule has 2 N–H and O–H groups in total. The first kappa shape index (κ1) is 13.2. The van der Waals surface area contributed by atoms with Gasteiger partial charge >= 0.3 is 5.97 Å². The van der Waals surface area contributed by atoms with E-state index in [4.69, 9.17) is 5.11 Å². The zero-order chi connectivity index (χ0) is 12.8. The van der Waals surface area contributed by atoms with E-state index in [9.17, 15) is 14.0 Å². The highest BCUT2D eigenvalue weighted by molar-refractivity contribution is 5.80. The number of carboxylic acids is 1. The number of carbonyl (C=O) groups excluding carboxylic acids is 1. The highest BCUT2D eigenvalue weighted by atomic mass is 19.1. The van der Waals surface area contributed by atoms with E-state index in [-0.39, 0.29) is 30.6 Å². The molecule has 0 radical (unpaired) electrons. The normalized spacial score (nSPS) is 11.9. The number of hydrogen-bond acceptors (Lipinski definition) is 2. The quantitative estimate of drug-likeness (QED) is 0.824. The third-order valence-corrected chi connectivity index (χ3v) is 2.29. The fourth-order valence-corrected chi connectivity index (χ4v) is 1.39. The molecule has 0 aromatic heterocycles. The van der Waals surface area contributed by atoms with Crippen LogP contribution in [0.2, 0.25) is 0 Å². The summed E-state index contributed by atoms with van der Waals surface area (Å²) < 4.78 is 12.9. The van der Waals surface area contributed by atoms with Gasteiger partial charge in [0.2, 0.25) is 5.91 Å². The van der Waals surface area contributed by atoms with Gasteiger partial charge in [-0.3, -0.25) is 9.59 Å². The number of carboxylic acid groups (broad SMARTS) is 1. The Labute approximate surface area is 98.5 Å². The molecule has 0 aliphatic carbocycles. The van der Waals surface area contributed by atoms with E-state index < -0.39 is 5.97 Å². The minimum absolute atomic E-state index is 0.0744. The molecule has 0 fully saturated rings. The Morgan fingerprint density at radius 1 is 1.41 bits per heavy atom. The second kappa shape index (κ2) is 5.98. The Morgan fingerprint density at radius 2 is 2.12 bits per heavy atom. The lowest BCUT2D eigenvalue weighted by atomic mass is 10.1. The maximum absolute atomic E-state index is 12.9. The zero-order valence-electron chi connectivity index (χ0n) is 9.44. The summed E-state index contributed by atoms with van der Waals surface area (Å²) in [5, 5.41) is 11.0. The van der Waals surface area contributed by atoms with Crippen LogP contribution in [0.15, 0.2) is 24.3 Å².